The number of nitrogens with one attached hydrogen (secondary N) is 2. The van der Waals surface area contributed by atoms with Crippen molar-refractivity contribution in [3.63, 3.8) is 0 Å². The number of ether oxygens (including phenoxy) is 1. The van der Waals surface area contributed by atoms with Crippen LogP contribution in [0.25, 0.3) is 22.3 Å². The van der Waals surface area contributed by atoms with Crippen LogP contribution in [0, 0.1) is 0 Å². The highest BCUT2D eigenvalue weighted by Gasteiger charge is 2.14. The Hall–Kier alpha value is -3.14. The lowest BCUT2D eigenvalue weighted by atomic mass is 10.2. The van der Waals surface area contributed by atoms with E-state index in [1.54, 1.807) is 12.3 Å². The molecule has 0 aliphatic carbocycles. The number of rotatable bonds is 8. The van der Waals surface area contributed by atoms with Gasteiger partial charge in [0.05, 0.1) is 18.6 Å². The summed E-state index contributed by atoms with van der Waals surface area (Å²) in [6.07, 6.45) is 1.57. The van der Waals surface area contributed by atoms with Gasteiger partial charge in [0.25, 0.3) is 5.56 Å². The molecular formula is C20H19N5O3S. The van der Waals surface area contributed by atoms with Crippen LogP contribution in [0.5, 0.6) is 0 Å². The number of hydrogen-bond donors (Lipinski definition) is 3. The maximum atomic E-state index is 12.5. The van der Waals surface area contributed by atoms with Crippen molar-refractivity contribution in [3.8, 4) is 11.4 Å². The van der Waals surface area contributed by atoms with Gasteiger partial charge in [0.1, 0.15) is 29.3 Å². The highest BCUT2D eigenvalue weighted by atomic mass is 32.1. The molecule has 1 aromatic carbocycles. The van der Waals surface area contributed by atoms with E-state index in [0.717, 1.165) is 5.56 Å². The molecule has 3 heterocycles. The zero-order valence-corrected chi connectivity index (χ0v) is 16.3. The molecular weight excluding hydrogens is 390 g/mol. The number of benzene rings is 1. The van der Waals surface area contributed by atoms with Crippen LogP contribution in [-0.4, -0.2) is 38.2 Å². The summed E-state index contributed by atoms with van der Waals surface area (Å²) >= 11 is 1.40. The minimum absolute atomic E-state index is 0.0186. The van der Waals surface area contributed by atoms with Gasteiger partial charge in [-0.1, -0.05) is 30.3 Å². The van der Waals surface area contributed by atoms with Gasteiger partial charge in [-0.15, -0.1) is 11.3 Å². The minimum atomic E-state index is -0.245. The zero-order valence-electron chi connectivity index (χ0n) is 15.5. The smallest absolute Gasteiger partial charge is 0.258 e. The van der Waals surface area contributed by atoms with Gasteiger partial charge < -0.3 is 20.1 Å². The first-order valence-corrected chi connectivity index (χ1v) is 9.93. The van der Waals surface area contributed by atoms with Crippen LogP contribution in [0.4, 0.5) is 5.13 Å². The number of aromatic amines is 1. The van der Waals surface area contributed by atoms with Gasteiger partial charge >= 0.3 is 0 Å². The first kappa shape index (κ1) is 19.2. The molecule has 0 unspecified atom stereocenters. The Morgan fingerprint density at radius 2 is 2.00 bits per heavy atom. The van der Waals surface area contributed by atoms with Crippen molar-refractivity contribution in [3.05, 3.63) is 69.7 Å². The molecule has 148 valence electrons. The molecule has 0 spiro atoms. The third-order valence-electron chi connectivity index (χ3n) is 4.16. The van der Waals surface area contributed by atoms with Crippen molar-refractivity contribution in [1.82, 2.24) is 19.9 Å². The second-order valence-electron chi connectivity index (χ2n) is 6.24. The Kier molecular flexibility index (Phi) is 5.89. The van der Waals surface area contributed by atoms with E-state index >= 15 is 0 Å². The Balaban J connectivity index is 1.60. The van der Waals surface area contributed by atoms with Crippen molar-refractivity contribution in [2.45, 2.75) is 13.2 Å². The maximum Gasteiger partial charge on any atom is 0.258 e. The Morgan fingerprint density at radius 1 is 1.14 bits per heavy atom. The number of aliphatic hydroxyl groups excluding tert-OH is 1. The van der Waals surface area contributed by atoms with Crippen molar-refractivity contribution in [2.75, 3.05) is 18.5 Å². The van der Waals surface area contributed by atoms with Gasteiger partial charge in [0.15, 0.2) is 5.13 Å². The summed E-state index contributed by atoms with van der Waals surface area (Å²) in [5.41, 5.74) is 2.43. The molecule has 0 bridgehead atoms. The summed E-state index contributed by atoms with van der Waals surface area (Å²) in [5, 5.41) is 14.9. The van der Waals surface area contributed by atoms with Crippen molar-refractivity contribution in [2.24, 2.45) is 0 Å². The van der Waals surface area contributed by atoms with Gasteiger partial charge in [-0.2, -0.15) is 0 Å². The van der Waals surface area contributed by atoms with E-state index < -0.39 is 0 Å². The standard InChI is InChI=1S/C20H19N5O3S/c26-9-8-22-20-23-15(12-29-20)18-17-14(6-7-21-18)19(27)25-16(24-17)11-28-10-13-4-2-1-3-5-13/h1-7,12,26H,8-11H2,(H,22,23)(H,24,25,27). The van der Waals surface area contributed by atoms with E-state index in [-0.39, 0.29) is 18.8 Å². The number of pyridine rings is 1. The first-order valence-electron chi connectivity index (χ1n) is 9.05. The predicted molar refractivity (Wildman–Crippen MR) is 112 cm³/mol. The van der Waals surface area contributed by atoms with Crippen molar-refractivity contribution < 1.29 is 9.84 Å². The molecule has 29 heavy (non-hydrogen) atoms. The average Bonchev–Trinajstić information content (AvgIpc) is 3.21. The number of nitrogens with zero attached hydrogens (tertiary/aromatic N) is 3. The normalized spacial score (nSPS) is 11.1. The quantitative estimate of drug-likeness (QED) is 0.410. The van der Waals surface area contributed by atoms with Gasteiger partial charge in [0.2, 0.25) is 0 Å². The number of aromatic nitrogens is 4. The third kappa shape index (κ3) is 4.48. The first-order chi connectivity index (χ1) is 14.2. The number of thiazole rings is 1. The SMILES string of the molecule is O=c1[nH]c(COCc2ccccc2)nc2c(-c3csc(NCCO)n3)nccc12. The van der Waals surface area contributed by atoms with Crippen LogP contribution in [0.15, 0.2) is 52.8 Å². The van der Waals surface area contributed by atoms with E-state index in [4.69, 9.17) is 9.84 Å². The monoisotopic (exact) mass is 409 g/mol. The molecule has 0 saturated heterocycles. The number of H-pyrrole nitrogens is 1. The Morgan fingerprint density at radius 3 is 2.83 bits per heavy atom. The topological polar surface area (TPSA) is 113 Å². The van der Waals surface area contributed by atoms with E-state index in [1.807, 2.05) is 35.7 Å². The molecule has 0 aliphatic rings. The van der Waals surface area contributed by atoms with E-state index in [2.05, 4.69) is 25.3 Å². The van der Waals surface area contributed by atoms with E-state index in [1.165, 1.54) is 11.3 Å². The average molecular weight is 409 g/mol. The van der Waals surface area contributed by atoms with Gasteiger partial charge in [-0.25, -0.2) is 9.97 Å². The molecule has 4 rings (SSSR count). The summed E-state index contributed by atoms with van der Waals surface area (Å²) in [4.78, 5) is 28.7. The van der Waals surface area contributed by atoms with Crippen LogP contribution in [0.1, 0.15) is 11.4 Å². The second-order valence-corrected chi connectivity index (χ2v) is 7.09. The minimum Gasteiger partial charge on any atom is -0.395 e. The van der Waals surface area contributed by atoms with Gasteiger partial charge in [-0.05, 0) is 11.6 Å². The fraction of sp³-hybridized carbons (Fsp3) is 0.200. The van der Waals surface area contributed by atoms with Crippen LogP contribution < -0.4 is 10.9 Å². The molecule has 0 amide bonds. The molecule has 0 radical (unpaired) electrons. The Bertz CT molecular complexity index is 1160. The fourth-order valence-corrected chi connectivity index (χ4v) is 3.56. The molecule has 0 atom stereocenters. The molecule has 9 heteroatoms. The van der Waals surface area contributed by atoms with E-state index in [0.29, 0.717) is 46.4 Å². The summed E-state index contributed by atoms with van der Waals surface area (Å²) in [5.74, 6) is 0.432. The molecule has 8 nitrogen and oxygen atoms in total. The second kappa shape index (κ2) is 8.91. The fourth-order valence-electron chi connectivity index (χ4n) is 2.83. The molecule has 0 fully saturated rings. The predicted octanol–water partition coefficient (Wildman–Crippen LogP) is 2.56. The molecule has 3 aromatic heterocycles. The number of hydrogen-bond acceptors (Lipinski definition) is 8. The van der Waals surface area contributed by atoms with Gasteiger partial charge in [-0.3, -0.25) is 9.78 Å². The molecule has 3 N–H and O–H groups in total. The van der Waals surface area contributed by atoms with Gasteiger partial charge in [0, 0.05) is 18.1 Å². The summed E-state index contributed by atoms with van der Waals surface area (Å²) < 4.78 is 5.70. The van der Waals surface area contributed by atoms with E-state index in [9.17, 15) is 4.79 Å². The summed E-state index contributed by atoms with van der Waals surface area (Å²) in [6, 6.07) is 11.4. The summed E-state index contributed by atoms with van der Waals surface area (Å²) in [6.45, 7) is 1.03. The highest BCUT2D eigenvalue weighted by molar-refractivity contribution is 7.14. The maximum absolute atomic E-state index is 12.5. The molecule has 4 aromatic rings. The van der Waals surface area contributed by atoms with Crippen molar-refractivity contribution >= 4 is 27.4 Å². The van der Waals surface area contributed by atoms with Crippen molar-refractivity contribution in [1.29, 1.82) is 0 Å². The molecule has 0 aliphatic heterocycles. The lowest BCUT2D eigenvalue weighted by Crippen LogP contribution is -2.13. The lowest BCUT2D eigenvalue weighted by molar-refractivity contribution is 0.102. The number of anilines is 1. The largest absolute Gasteiger partial charge is 0.395 e. The zero-order chi connectivity index (χ0) is 20.1. The van der Waals surface area contributed by atoms with Crippen LogP contribution in [0.3, 0.4) is 0 Å². The number of fused-ring (bicyclic) bond motifs is 1. The van der Waals surface area contributed by atoms with Crippen LogP contribution in [-0.2, 0) is 18.0 Å². The summed E-state index contributed by atoms with van der Waals surface area (Å²) in [7, 11) is 0. The highest BCUT2D eigenvalue weighted by Crippen LogP contribution is 2.27. The Labute approximate surface area is 170 Å². The van der Waals surface area contributed by atoms with Crippen LogP contribution in [0.2, 0.25) is 0 Å². The molecule has 0 saturated carbocycles. The number of aliphatic hydroxyl groups is 1. The third-order valence-corrected chi connectivity index (χ3v) is 4.96. The lowest BCUT2D eigenvalue weighted by Gasteiger charge is -2.07. The van der Waals surface area contributed by atoms with Crippen LogP contribution >= 0.6 is 11.3 Å².